The molecule has 3 aromatic rings. The number of benzene rings is 2. The molecular weight excluding hydrogens is 494 g/mol. The van der Waals surface area contributed by atoms with E-state index in [1.807, 2.05) is 54.6 Å². The van der Waals surface area contributed by atoms with Crippen molar-refractivity contribution in [3.63, 3.8) is 0 Å². The molecule has 0 fully saturated rings. The first-order valence-corrected chi connectivity index (χ1v) is 13.9. The molecule has 0 aliphatic carbocycles. The van der Waals surface area contributed by atoms with Crippen LogP contribution >= 0.6 is 0 Å². The fourth-order valence-corrected chi connectivity index (χ4v) is 5.28. The third kappa shape index (κ3) is 6.51. The second-order valence-electron chi connectivity index (χ2n) is 9.85. The van der Waals surface area contributed by atoms with Crippen LogP contribution in [0, 0.1) is 0 Å². The number of carbonyl (C=O) groups excluding carboxylic acids is 1. The van der Waals surface area contributed by atoms with Gasteiger partial charge in [0.05, 0.1) is 30.7 Å². The van der Waals surface area contributed by atoms with E-state index in [2.05, 4.69) is 20.8 Å². The number of nitrogens with zero attached hydrogens (tertiary/aromatic N) is 5. The van der Waals surface area contributed by atoms with Crippen molar-refractivity contribution in [3.05, 3.63) is 71.5 Å². The number of hydrogen-bond acceptors (Lipinski definition) is 8. The van der Waals surface area contributed by atoms with E-state index in [-0.39, 0.29) is 18.4 Å². The first-order chi connectivity index (χ1) is 17.5. The number of fused-ring (bicyclic) bond motifs is 1. The molecule has 3 N–H and O–H groups in total. The average molecular weight is 528 g/mol. The maximum Gasteiger partial charge on any atom is 0.240 e. The zero-order chi connectivity index (χ0) is 26.6. The van der Waals surface area contributed by atoms with E-state index in [4.69, 9.17) is 10.5 Å². The molecule has 37 heavy (non-hydrogen) atoms. The number of aromatic nitrogens is 4. The summed E-state index contributed by atoms with van der Waals surface area (Å²) in [4.78, 5) is 12.7. The highest BCUT2D eigenvalue weighted by molar-refractivity contribution is 7.92. The van der Waals surface area contributed by atoms with Gasteiger partial charge in [0.15, 0.2) is 5.82 Å². The van der Waals surface area contributed by atoms with Crippen LogP contribution in [0.15, 0.2) is 54.6 Å². The molecule has 2 aromatic carbocycles. The molecule has 0 saturated carbocycles. The van der Waals surface area contributed by atoms with Gasteiger partial charge >= 0.3 is 0 Å². The highest BCUT2D eigenvalue weighted by Crippen LogP contribution is 2.39. The van der Waals surface area contributed by atoms with Crippen LogP contribution in [0.25, 0.3) is 0 Å². The molecule has 0 bridgehead atoms. The van der Waals surface area contributed by atoms with Crippen molar-refractivity contribution >= 4 is 21.6 Å². The highest BCUT2D eigenvalue weighted by atomic mass is 32.2. The first kappa shape index (κ1) is 26.7. The predicted molar refractivity (Wildman–Crippen MR) is 139 cm³/mol. The van der Waals surface area contributed by atoms with E-state index in [0.717, 1.165) is 11.1 Å². The molecule has 1 amide bonds. The van der Waals surface area contributed by atoms with Gasteiger partial charge in [0.2, 0.25) is 15.9 Å². The SMILES string of the molecule is CC(C)(N)C(=O)N[C@H](COCc1ccccc1)c1nnnn1CCC1CN(S(C)(=O)=O)c2ccccc21. The van der Waals surface area contributed by atoms with Crippen LogP contribution in [-0.2, 0) is 32.7 Å². The summed E-state index contributed by atoms with van der Waals surface area (Å²) in [5.74, 6) is 0.0640. The van der Waals surface area contributed by atoms with Crippen LogP contribution in [0.1, 0.15) is 49.2 Å². The number of para-hydroxylation sites is 1. The lowest BCUT2D eigenvalue weighted by Gasteiger charge is -2.24. The minimum atomic E-state index is -3.39. The van der Waals surface area contributed by atoms with Gasteiger partial charge in [0, 0.05) is 19.0 Å². The van der Waals surface area contributed by atoms with Gasteiger partial charge in [0.25, 0.3) is 0 Å². The highest BCUT2D eigenvalue weighted by Gasteiger charge is 2.34. The Balaban J connectivity index is 1.49. The van der Waals surface area contributed by atoms with E-state index in [9.17, 15) is 13.2 Å². The molecule has 2 heterocycles. The molecule has 1 aliphatic heterocycles. The van der Waals surface area contributed by atoms with Crippen LogP contribution in [0.2, 0.25) is 0 Å². The Morgan fingerprint density at radius 1 is 1.19 bits per heavy atom. The quantitative estimate of drug-likeness (QED) is 0.384. The number of ether oxygens (including phenoxy) is 1. The predicted octanol–water partition coefficient (Wildman–Crippen LogP) is 1.74. The third-order valence-electron chi connectivity index (χ3n) is 6.28. The molecule has 4 rings (SSSR count). The number of hydrogen-bond donors (Lipinski definition) is 2. The van der Waals surface area contributed by atoms with Gasteiger partial charge in [-0.2, -0.15) is 0 Å². The van der Waals surface area contributed by atoms with Crippen LogP contribution in [0.5, 0.6) is 0 Å². The molecule has 12 heteroatoms. The van der Waals surface area contributed by atoms with Gasteiger partial charge in [-0.25, -0.2) is 13.1 Å². The molecule has 2 atom stereocenters. The topological polar surface area (TPSA) is 145 Å². The molecule has 1 unspecified atom stereocenters. The van der Waals surface area contributed by atoms with Crippen molar-refractivity contribution < 1.29 is 17.9 Å². The number of anilines is 1. The second-order valence-corrected chi connectivity index (χ2v) is 11.8. The molecule has 0 radical (unpaired) electrons. The van der Waals surface area contributed by atoms with E-state index in [1.165, 1.54) is 10.6 Å². The Bertz CT molecular complexity index is 1320. The lowest BCUT2D eigenvalue weighted by Crippen LogP contribution is -2.51. The van der Waals surface area contributed by atoms with E-state index >= 15 is 0 Å². The Morgan fingerprint density at radius 2 is 1.89 bits per heavy atom. The van der Waals surface area contributed by atoms with Crippen molar-refractivity contribution in [1.82, 2.24) is 25.5 Å². The number of sulfonamides is 1. The molecular formula is C25H33N7O4S. The largest absolute Gasteiger partial charge is 0.374 e. The summed E-state index contributed by atoms with van der Waals surface area (Å²) in [7, 11) is -3.39. The van der Waals surface area contributed by atoms with Crippen LogP contribution in [0.4, 0.5) is 5.69 Å². The Hall–Kier alpha value is -3.35. The van der Waals surface area contributed by atoms with Crippen LogP contribution < -0.4 is 15.4 Å². The Kier molecular flexibility index (Phi) is 7.90. The average Bonchev–Trinajstić information content (AvgIpc) is 3.46. The molecule has 1 aliphatic rings. The second kappa shape index (κ2) is 11.0. The van der Waals surface area contributed by atoms with Gasteiger partial charge in [0.1, 0.15) is 6.04 Å². The lowest BCUT2D eigenvalue weighted by molar-refractivity contribution is -0.126. The van der Waals surface area contributed by atoms with E-state index in [0.29, 0.717) is 37.6 Å². The van der Waals surface area contributed by atoms with Crippen molar-refractivity contribution in [2.24, 2.45) is 5.73 Å². The minimum absolute atomic E-state index is 0.0201. The summed E-state index contributed by atoms with van der Waals surface area (Å²) in [5, 5.41) is 15.1. The number of nitrogens with two attached hydrogens (primary N) is 1. The molecule has 1 aromatic heterocycles. The molecule has 0 saturated heterocycles. The summed E-state index contributed by atoms with van der Waals surface area (Å²) >= 11 is 0. The van der Waals surface area contributed by atoms with Crippen LogP contribution in [-0.4, -0.2) is 59.5 Å². The standard InChI is InChI=1S/C25H33N7O4S/c1-25(2,26)24(33)27-21(17-36-16-18-9-5-4-6-10-18)23-28-29-30-31(23)14-13-19-15-32(37(3,34)35)22-12-8-7-11-20(19)22/h4-12,19,21H,13-17,26H2,1-3H3,(H,27,33)/t19?,21-/m1/s1. The molecule has 0 spiro atoms. The number of nitrogens with one attached hydrogen (secondary N) is 1. The van der Waals surface area contributed by atoms with Crippen LogP contribution in [0.3, 0.4) is 0 Å². The van der Waals surface area contributed by atoms with E-state index < -0.39 is 21.6 Å². The summed E-state index contributed by atoms with van der Waals surface area (Å²) in [6, 6.07) is 16.6. The van der Waals surface area contributed by atoms with Gasteiger partial charge in [-0.1, -0.05) is 48.5 Å². The lowest BCUT2D eigenvalue weighted by atomic mass is 9.98. The van der Waals surface area contributed by atoms with Crippen molar-refractivity contribution in [2.75, 3.05) is 23.7 Å². The maximum absolute atomic E-state index is 12.7. The summed E-state index contributed by atoms with van der Waals surface area (Å²) in [6.07, 6.45) is 1.82. The zero-order valence-electron chi connectivity index (χ0n) is 21.2. The summed E-state index contributed by atoms with van der Waals surface area (Å²) < 4.78 is 33.6. The molecule has 11 nitrogen and oxygen atoms in total. The van der Waals surface area contributed by atoms with Crippen molar-refractivity contribution in [1.29, 1.82) is 0 Å². The fourth-order valence-electron chi connectivity index (χ4n) is 4.31. The van der Waals surface area contributed by atoms with Crippen molar-refractivity contribution in [3.8, 4) is 0 Å². The summed E-state index contributed by atoms with van der Waals surface area (Å²) in [6.45, 7) is 4.54. The normalized spacial score (nSPS) is 16.4. The fraction of sp³-hybridized carbons (Fsp3) is 0.440. The Morgan fingerprint density at radius 3 is 2.59 bits per heavy atom. The van der Waals surface area contributed by atoms with Crippen molar-refractivity contribution in [2.45, 2.75) is 50.9 Å². The first-order valence-electron chi connectivity index (χ1n) is 12.1. The smallest absolute Gasteiger partial charge is 0.240 e. The van der Waals surface area contributed by atoms with Gasteiger partial charge in [-0.05, 0) is 47.9 Å². The number of rotatable bonds is 11. The van der Waals surface area contributed by atoms with Gasteiger partial charge in [-0.15, -0.1) is 5.10 Å². The number of tetrazole rings is 1. The number of aryl methyl sites for hydroxylation is 1. The molecule has 198 valence electrons. The zero-order valence-corrected chi connectivity index (χ0v) is 22.1. The monoisotopic (exact) mass is 527 g/mol. The third-order valence-corrected chi connectivity index (χ3v) is 7.43. The maximum atomic E-state index is 12.7. The number of carbonyl (C=O) groups is 1. The van der Waals surface area contributed by atoms with E-state index in [1.54, 1.807) is 18.5 Å². The minimum Gasteiger partial charge on any atom is -0.374 e. The van der Waals surface area contributed by atoms with Gasteiger partial charge < -0.3 is 15.8 Å². The Labute approximate surface area is 217 Å². The van der Waals surface area contributed by atoms with Gasteiger partial charge in [-0.3, -0.25) is 9.10 Å². The summed E-state index contributed by atoms with van der Waals surface area (Å²) in [5.41, 5.74) is 7.59. The number of amides is 1.